The summed E-state index contributed by atoms with van der Waals surface area (Å²) in [6, 6.07) is 16.3. The van der Waals surface area contributed by atoms with Gasteiger partial charge in [-0.05, 0) is 17.7 Å². The predicted octanol–water partition coefficient (Wildman–Crippen LogP) is 4.79. The van der Waals surface area contributed by atoms with Crippen molar-refractivity contribution in [3.8, 4) is 23.1 Å². The van der Waals surface area contributed by atoms with Crippen LogP contribution in [0.15, 0.2) is 53.9 Å². The number of thiazole rings is 1. The minimum atomic E-state index is -0.515. The number of allylic oxidation sites excluding steroid dienone is 1. The van der Waals surface area contributed by atoms with Crippen LogP contribution in [0.25, 0.3) is 22.9 Å². The molecular formula is C19H13N3O3S. The van der Waals surface area contributed by atoms with Crippen molar-refractivity contribution in [3.05, 3.63) is 74.6 Å². The van der Waals surface area contributed by atoms with Crippen LogP contribution in [0.1, 0.15) is 10.6 Å². The molecular weight excluding hydrogens is 350 g/mol. The van der Waals surface area contributed by atoms with Crippen molar-refractivity contribution in [3.63, 3.8) is 0 Å². The van der Waals surface area contributed by atoms with Crippen molar-refractivity contribution in [1.29, 1.82) is 5.26 Å². The second-order valence-corrected chi connectivity index (χ2v) is 6.12. The van der Waals surface area contributed by atoms with E-state index in [0.29, 0.717) is 16.1 Å². The molecule has 0 saturated carbocycles. The van der Waals surface area contributed by atoms with E-state index in [9.17, 15) is 15.4 Å². The highest BCUT2D eigenvalue weighted by molar-refractivity contribution is 7.11. The summed E-state index contributed by atoms with van der Waals surface area (Å²) in [5.41, 5.74) is 2.48. The zero-order chi connectivity index (χ0) is 18.5. The summed E-state index contributed by atoms with van der Waals surface area (Å²) in [7, 11) is 1.37. The third-order valence-corrected chi connectivity index (χ3v) is 4.51. The van der Waals surface area contributed by atoms with Gasteiger partial charge in [-0.3, -0.25) is 10.1 Å². The van der Waals surface area contributed by atoms with Gasteiger partial charge in [0, 0.05) is 17.0 Å². The van der Waals surface area contributed by atoms with E-state index in [0.717, 1.165) is 11.3 Å². The number of aromatic nitrogens is 1. The van der Waals surface area contributed by atoms with Gasteiger partial charge in [0.1, 0.15) is 11.1 Å². The van der Waals surface area contributed by atoms with Crippen LogP contribution in [0.3, 0.4) is 0 Å². The number of rotatable bonds is 5. The molecule has 0 amide bonds. The lowest BCUT2D eigenvalue weighted by atomic mass is 10.1. The molecule has 0 saturated heterocycles. The quantitative estimate of drug-likeness (QED) is 0.369. The van der Waals surface area contributed by atoms with Gasteiger partial charge in [0.05, 0.1) is 23.3 Å². The van der Waals surface area contributed by atoms with E-state index in [4.69, 9.17) is 4.74 Å². The monoisotopic (exact) mass is 363 g/mol. The number of ether oxygens (including phenoxy) is 1. The molecule has 0 atom stereocenters. The Labute approximate surface area is 153 Å². The van der Waals surface area contributed by atoms with E-state index >= 15 is 0 Å². The molecule has 1 heterocycles. The standard InChI is InChI=1S/C19H13N3O3S/c1-25-18-8-7-13(10-17(18)22(23)24)9-15(11-20)19-21-16(12-26-19)14-5-3-2-4-6-14/h2-10,12H,1H3/b15-9+. The first kappa shape index (κ1) is 17.3. The first-order chi connectivity index (χ1) is 12.6. The number of nitriles is 1. The average molecular weight is 363 g/mol. The van der Waals surface area contributed by atoms with Crippen LogP contribution in [0.5, 0.6) is 5.75 Å². The molecule has 128 valence electrons. The number of hydrogen-bond donors (Lipinski definition) is 0. The van der Waals surface area contributed by atoms with Crippen LogP contribution < -0.4 is 4.74 Å². The maximum absolute atomic E-state index is 11.1. The fraction of sp³-hybridized carbons (Fsp3) is 0.0526. The number of nitro benzene ring substituents is 1. The maximum Gasteiger partial charge on any atom is 0.311 e. The fourth-order valence-electron chi connectivity index (χ4n) is 2.39. The zero-order valence-corrected chi connectivity index (χ0v) is 14.6. The Kier molecular flexibility index (Phi) is 5.06. The van der Waals surface area contributed by atoms with E-state index < -0.39 is 4.92 Å². The lowest BCUT2D eigenvalue weighted by Crippen LogP contribution is -1.94. The van der Waals surface area contributed by atoms with Crippen molar-refractivity contribution < 1.29 is 9.66 Å². The highest BCUT2D eigenvalue weighted by Gasteiger charge is 2.15. The number of benzene rings is 2. The summed E-state index contributed by atoms with van der Waals surface area (Å²) in [5.74, 6) is 0.172. The highest BCUT2D eigenvalue weighted by atomic mass is 32.1. The van der Waals surface area contributed by atoms with E-state index in [1.807, 2.05) is 35.7 Å². The lowest BCUT2D eigenvalue weighted by molar-refractivity contribution is -0.385. The summed E-state index contributed by atoms with van der Waals surface area (Å²) in [6.07, 6.45) is 1.58. The summed E-state index contributed by atoms with van der Waals surface area (Å²) >= 11 is 1.35. The number of methoxy groups -OCH3 is 1. The minimum absolute atomic E-state index is 0.150. The Morgan fingerprint density at radius 1 is 1.31 bits per heavy atom. The molecule has 0 spiro atoms. The molecule has 0 aliphatic rings. The molecule has 6 nitrogen and oxygen atoms in total. The van der Waals surface area contributed by atoms with Crippen molar-refractivity contribution in [2.24, 2.45) is 0 Å². The maximum atomic E-state index is 11.1. The van der Waals surface area contributed by atoms with Gasteiger partial charge in [0.15, 0.2) is 5.75 Å². The average Bonchev–Trinajstić information content (AvgIpc) is 3.16. The van der Waals surface area contributed by atoms with E-state index in [1.165, 1.54) is 30.6 Å². The van der Waals surface area contributed by atoms with Gasteiger partial charge in [-0.2, -0.15) is 5.26 Å². The van der Waals surface area contributed by atoms with Crippen molar-refractivity contribution in [2.45, 2.75) is 0 Å². The van der Waals surface area contributed by atoms with Crippen LogP contribution in [0.2, 0.25) is 0 Å². The second-order valence-electron chi connectivity index (χ2n) is 5.26. The minimum Gasteiger partial charge on any atom is -0.490 e. The predicted molar refractivity (Wildman–Crippen MR) is 101 cm³/mol. The topological polar surface area (TPSA) is 89.0 Å². The molecule has 7 heteroatoms. The fourth-order valence-corrected chi connectivity index (χ4v) is 3.18. The Morgan fingerprint density at radius 2 is 2.08 bits per heavy atom. The first-order valence-corrected chi connectivity index (χ1v) is 8.46. The molecule has 0 radical (unpaired) electrons. The van der Waals surface area contributed by atoms with Gasteiger partial charge in [-0.25, -0.2) is 4.98 Å². The molecule has 0 fully saturated rings. The zero-order valence-electron chi connectivity index (χ0n) is 13.7. The summed E-state index contributed by atoms with van der Waals surface area (Å²) < 4.78 is 4.99. The van der Waals surface area contributed by atoms with Crippen molar-refractivity contribution in [2.75, 3.05) is 7.11 Å². The van der Waals surface area contributed by atoms with Gasteiger partial charge >= 0.3 is 5.69 Å². The number of hydrogen-bond acceptors (Lipinski definition) is 6. The number of nitro groups is 1. The first-order valence-electron chi connectivity index (χ1n) is 7.58. The Hall–Kier alpha value is -3.50. The van der Waals surface area contributed by atoms with Gasteiger partial charge < -0.3 is 4.74 Å². The van der Waals surface area contributed by atoms with Crippen LogP contribution >= 0.6 is 11.3 Å². The summed E-state index contributed by atoms with van der Waals surface area (Å²) in [6.45, 7) is 0. The Bertz CT molecular complexity index is 1020. The normalized spacial score (nSPS) is 11.0. The van der Waals surface area contributed by atoms with Crippen LogP contribution in [0, 0.1) is 21.4 Å². The molecule has 1 aromatic heterocycles. The third-order valence-electron chi connectivity index (χ3n) is 3.64. The van der Waals surface area contributed by atoms with Gasteiger partial charge in [-0.1, -0.05) is 36.4 Å². The van der Waals surface area contributed by atoms with Gasteiger partial charge in [0.2, 0.25) is 0 Å². The van der Waals surface area contributed by atoms with Gasteiger partial charge in [-0.15, -0.1) is 11.3 Å². The molecule has 3 rings (SSSR count). The summed E-state index contributed by atoms with van der Waals surface area (Å²) in [4.78, 5) is 15.1. The van der Waals surface area contributed by atoms with E-state index in [2.05, 4.69) is 11.1 Å². The molecule has 0 N–H and O–H groups in total. The largest absolute Gasteiger partial charge is 0.490 e. The van der Waals surface area contributed by atoms with E-state index in [1.54, 1.807) is 12.1 Å². The molecule has 0 unspecified atom stereocenters. The Balaban J connectivity index is 1.97. The Morgan fingerprint density at radius 3 is 2.73 bits per heavy atom. The SMILES string of the molecule is COc1ccc(/C=C(\C#N)c2nc(-c3ccccc3)cs2)cc1[N+](=O)[O-]. The molecule has 0 bridgehead atoms. The molecule has 3 aromatic rings. The van der Waals surface area contributed by atoms with Crippen molar-refractivity contribution >= 4 is 28.7 Å². The van der Waals surface area contributed by atoms with Crippen LogP contribution in [0.4, 0.5) is 5.69 Å². The lowest BCUT2D eigenvalue weighted by Gasteiger charge is -2.02. The summed E-state index contributed by atoms with van der Waals surface area (Å²) in [5, 5.41) is 23.1. The number of nitrogens with zero attached hydrogens (tertiary/aromatic N) is 3. The molecule has 2 aromatic carbocycles. The van der Waals surface area contributed by atoms with Crippen LogP contribution in [-0.2, 0) is 0 Å². The third kappa shape index (κ3) is 3.61. The molecule has 0 aliphatic heterocycles. The molecule has 0 aliphatic carbocycles. The van der Waals surface area contributed by atoms with Crippen molar-refractivity contribution in [1.82, 2.24) is 4.98 Å². The molecule has 26 heavy (non-hydrogen) atoms. The van der Waals surface area contributed by atoms with Crippen LogP contribution in [-0.4, -0.2) is 17.0 Å². The van der Waals surface area contributed by atoms with Gasteiger partial charge in [0.25, 0.3) is 0 Å². The second kappa shape index (κ2) is 7.59. The van der Waals surface area contributed by atoms with E-state index in [-0.39, 0.29) is 11.4 Å². The highest BCUT2D eigenvalue weighted by Crippen LogP contribution is 2.31. The smallest absolute Gasteiger partial charge is 0.311 e.